The fourth-order valence-corrected chi connectivity index (χ4v) is 4.09. The van der Waals surface area contributed by atoms with Crippen molar-refractivity contribution in [1.82, 2.24) is 20.2 Å². The van der Waals surface area contributed by atoms with E-state index in [0.717, 1.165) is 11.0 Å². The second kappa shape index (κ2) is 7.74. The molecule has 4 aromatic rings. The van der Waals surface area contributed by atoms with Gasteiger partial charge >= 0.3 is 0 Å². The van der Waals surface area contributed by atoms with Crippen LogP contribution < -0.4 is 5.32 Å². The molecule has 0 unspecified atom stereocenters. The van der Waals surface area contributed by atoms with Crippen molar-refractivity contribution >= 4 is 51.7 Å². The third-order valence-electron chi connectivity index (χ3n) is 3.68. The number of aromatic amines is 1. The molecule has 0 aliphatic heterocycles. The first-order valence-electron chi connectivity index (χ1n) is 8.04. The van der Waals surface area contributed by atoms with E-state index in [1.54, 1.807) is 12.1 Å². The minimum atomic E-state index is -0.456. The molecule has 0 spiro atoms. The molecular weight excluding hydrogens is 400 g/mol. The van der Waals surface area contributed by atoms with Crippen molar-refractivity contribution < 1.29 is 9.72 Å². The lowest BCUT2D eigenvalue weighted by molar-refractivity contribution is -0.384. The molecule has 0 aliphatic carbocycles. The maximum absolute atomic E-state index is 12.1. The smallest absolute Gasteiger partial charge is 0.270 e. The highest BCUT2D eigenvalue weighted by atomic mass is 32.2. The molecule has 28 heavy (non-hydrogen) atoms. The zero-order valence-electron chi connectivity index (χ0n) is 14.2. The molecule has 140 valence electrons. The van der Waals surface area contributed by atoms with Gasteiger partial charge in [-0.1, -0.05) is 47.4 Å². The molecule has 0 fully saturated rings. The number of hydrogen-bond donors (Lipinski definition) is 2. The van der Waals surface area contributed by atoms with Gasteiger partial charge in [-0.2, -0.15) is 0 Å². The Balaban J connectivity index is 1.38. The lowest BCUT2D eigenvalue weighted by atomic mass is 10.2. The largest absolute Gasteiger partial charge is 0.324 e. The van der Waals surface area contributed by atoms with Crippen molar-refractivity contribution in [3.05, 3.63) is 58.6 Å². The molecule has 0 saturated heterocycles. The van der Waals surface area contributed by atoms with Crippen molar-refractivity contribution in [1.29, 1.82) is 0 Å². The number of nitro groups is 1. The van der Waals surface area contributed by atoms with E-state index < -0.39 is 4.92 Å². The maximum atomic E-state index is 12.1. The van der Waals surface area contributed by atoms with E-state index in [4.69, 9.17) is 0 Å². The summed E-state index contributed by atoms with van der Waals surface area (Å²) in [6.07, 6.45) is 0. The van der Waals surface area contributed by atoms with Crippen LogP contribution in [-0.2, 0) is 4.79 Å². The van der Waals surface area contributed by atoms with Gasteiger partial charge in [0.15, 0.2) is 4.34 Å². The Kier molecular flexibility index (Phi) is 5.00. The van der Waals surface area contributed by atoms with E-state index in [0.29, 0.717) is 20.9 Å². The minimum Gasteiger partial charge on any atom is -0.324 e. The Morgan fingerprint density at radius 3 is 2.89 bits per heavy atom. The Bertz CT molecular complexity index is 1140. The Labute approximate surface area is 166 Å². The number of non-ortho nitro benzene ring substituents is 1. The molecule has 0 radical (unpaired) electrons. The number of aromatic nitrogens is 4. The van der Waals surface area contributed by atoms with Gasteiger partial charge in [0.1, 0.15) is 5.01 Å². The summed E-state index contributed by atoms with van der Waals surface area (Å²) >= 11 is 2.51. The van der Waals surface area contributed by atoms with Crippen molar-refractivity contribution in [2.24, 2.45) is 0 Å². The summed E-state index contributed by atoms with van der Waals surface area (Å²) in [7, 11) is 0. The zero-order chi connectivity index (χ0) is 19.5. The van der Waals surface area contributed by atoms with Crippen LogP contribution in [-0.4, -0.2) is 36.7 Å². The lowest BCUT2D eigenvalue weighted by Crippen LogP contribution is -2.14. The predicted octanol–water partition coefficient (Wildman–Crippen LogP) is 3.72. The number of para-hydroxylation sites is 2. The van der Waals surface area contributed by atoms with E-state index in [1.165, 1.54) is 35.2 Å². The average molecular weight is 412 g/mol. The number of thioether (sulfide) groups is 1. The highest BCUT2D eigenvalue weighted by Crippen LogP contribution is 2.31. The minimum absolute atomic E-state index is 0.00730. The van der Waals surface area contributed by atoms with Crippen molar-refractivity contribution in [3.63, 3.8) is 0 Å². The number of imidazole rings is 1. The highest BCUT2D eigenvalue weighted by molar-refractivity contribution is 8.01. The van der Waals surface area contributed by atoms with Gasteiger partial charge in [0.05, 0.1) is 21.7 Å². The van der Waals surface area contributed by atoms with Gasteiger partial charge in [0.2, 0.25) is 11.9 Å². The lowest BCUT2D eigenvalue weighted by Gasteiger charge is -1.99. The average Bonchev–Trinajstić information content (AvgIpc) is 3.33. The molecule has 2 aromatic heterocycles. The number of fused-ring (bicyclic) bond motifs is 1. The molecule has 0 saturated carbocycles. The van der Waals surface area contributed by atoms with Crippen LogP contribution in [0.3, 0.4) is 0 Å². The van der Waals surface area contributed by atoms with E-state index >= 15 is 0 Å². The van der Waals surface area contributed by atoms with Crippen molar-refractivity contribution in [2.45, 2.75) is 4.34 Å². The van der Waals surface area contributed by atoms with Gasteiger partial charge in [0.25, 0.3) is 5.69 Å². The van der Waals surface area contributed by atoms with Crippen LogP contribution in [0.15, 0.2) is 52.9 Å². The van der Waals surface area contributed by atoms with Crippen LogP contribution >= 0.6 is 23.1 Å². The summed E-state index contributed by atoms with van der Waals surface area (Å²) in [5.74, 6) is 0.304. The fourth-order valence-electron chi connectivity index (χ4n) is 2.44. The fraction of sp³-hybridized carbons (Fsp3) is 0.0588. The van der Waals surface area contributed by atoms with E-state index in [1.807, 2.05) is 24.3 Å². The second-order valence-electron chi connectivity index (χ2n) is 5.62. The summed E-state index contributed by atoms with van der Waals surface area (Å²) in [4.78, 5) is 29.9. The first kappa shape index (κ1) is 18.1. The summed E-state index contributed by atoms with van der Waals surface area (Å²) in [5.41, 5.74) is 2.23. The number of hydrogen-bond acceptors (Lipinski definition) is 8. The van der Waals surface area contributed by atoms with Crippen LogP contribution in [0.4, 0.5) is 11.6 Å². The van der Waals surface area contributed by atoms with Gasteiger partial charge < -0.3 is 4.98 Å². The quantitative estimate of drug-likeness (QED) is 0.281. The molecule has 11 heteroatoms. The number of rotatable bonds is 6. The molecule has 4 rings (SSSR count). The van der Waals surface area contributed by atoms with E-state index in [-0.39, 0.29) is 17.3 Å². The van der Waals surface area contributed by atoms with Gasteiger partial charge in [-0.3, -0.25) is 20.2 Å². The number of carbonyl (C=O) groups is 1. The monoisotopic (exact) mass is 412 g/mol. The maximum Gasteiger partial charge on any atom is 0.270 e. The predicted molar refractivity (Wildman–Crippen MR) is 107 cm³/mol. The van der Waals surface area contributed by atoms with Crippen LogP contribution in [0, 0.1) is 10.1 Å². The molecule has 2 heterocycles. The standard InChI is InChI=1S/C17H12N6O3S2/c24-14(20-16-18-12-6-1-2-7-13(12)19-16)9-27-17-22-21-15(28-17)10-4-3-5-11(8-10)23(25)26/h1-8H,9H2,(H2,18,19,20,24). The molecule has 2 aromatic carbocycles. The molecule has 0 aliphatic rings. The topological polar surface area (TPSA) is 127 Å². The molecule has 9 nitrogen and oxygen atoms in total. The number of carbonyl (C=O) groups excluding carboxylic acids is 1. The second-order valence-corrected chi connectivity index (χ2v) is 7.82. The normalized spacial score (nSPS) is 10.9. The van der Waals surface area contributed by atoms with Gasteiger partial charge in [0, 0.05) is 17.7 Å². The molecule has 0 bridgehead atoms. The van der Waals surface area contributed by atoms with Crippen molar-refractivity contribution in [2.75, 3.05) is 11.1 Å². The number of nitrogens with zero attached hydrogens (tertiary/aromatic N) is 4. The number of amides is 1. The summed E-state index contributed by atoms with van der Waals surface area (Å²) in [6.45, 7) is 0. The van der Waals surface area contributed by atoms with Crippen LogP contribution in [0.25, 0.3) is 21.6 Å². The molecule has 1 amide bonds. The van der Waals surface area contributed by atoms with Crippen LogP contribution in [0.5, 0.6) is 0 Å². The Morgan fingerprint density at radius 1 is 1.21 bits per heavy atom. The van der Waals surface area contributed by atoms with E-state index in [9.17, 15) is 14.9 Å². The van der Waals surface area contributed by atoms with Crippen LogP contribution in [0.1, 0.15) is 0 Å². The Hall–Kier alpha value is -3.31. The van der Waals surface area contributed by atoms with Gasteiger partial charge in [-0.25, -0.2) is 4.98 Å². The number of nitrogens with one attached hydrogen (secondary N) is 2. The Morgan fingerprint density at radius 2 is 2.07 bits per heavy atom. The molecule has 0 atom stereocenters. The van der Waals surface area contributed by atoms with Crippen molar-refractivity contribution in [3.8, 4) is 10.6 Å². The SMILES string of the molecule is O=C(CSc1nnc(-c2cccc([N+](=O)[O-])c2)s1)Nc1nc2ccccc2[nH]1. The number of nitro benzene ring substituents is 1. The summed E-state index contributed by atoms with van der Waals surface area (Å²) < 4.78 is 0.598. The van der Waals surface area contributed by atoms with Crippen LogP contribution in [0.2, 0.25) is 0 Å². The van der Waals surface area contributed by atoms with E-state index in [2.05, 4.69) is 25.5 Å². The molecule has 2 N–H and O–H groups in total. The van der Waals surface area contributed by atoms with Gasteiger partial charge in [-0.15, -0.1) is 10.2 Å². The summed E-state index contributed by atoms with van der Waals surface area (Å²) in [5, 5.41) is 22.3. The third-order valence-corrected chi connectivity index (χ3v) is 5.79. The third kappa shape index (κ3) is 4.00. The highest BCUT2D eigenvalue weighted by Gasteiger charge is 2.13. The first-order valence-corrected chi connectivity index (χ1v) is 9.84. The number of anilines is 1. The summed E-state index contributed by atoms with van der Waals surface area (Å²) in [6, 6.07) is 13.7. The number of benzene rings is 2. The zero-order valence-corrected chi connectivity index (χ0v) is 15.8. The van der Waals surface area contributed by atoms with Gasteiger partial charge in [-0.05, 0) is 12.1 Å². The molecular formula is C17H12N6O3S2. The number of H-pyrrole nitrogens is 1. The first-order chi connectivity index (χ1) is 13.6.